The summed E-state index contributed by atoms with van der Waals surface area (Å²) in [7, 11) is 0. The second-order valence-corrected chi connectivity index (χ2v) is 4.58. The van der Waals surface area contributed by atoms with Crippen LogP contribution in [-0.2, 0) is 0 Å². The first-order valence-corrected chi connectivity index (χ1v) is 5.75. The lowest BCUT2D eigenvalue weighted by Gasteiger charge is -2.24. The SMILES string of the molecule is Cl.Fc1ccc(Br)cc1[C@H]1CCCCN1. The summed E-state index contributed by atoms with van der Waals surface area (Å²) >= 11 is 3.37. The highest BCUT2D eigenvalue weighted by Crippen LogP contribution is 2.27. The molecule has 1 aromatic carbocycles. The third-order valence-corrected chi connectivity index (χ3v) is 3.14. The van der Waals surface area contributed by atoms with Crippen LogP contribution in [0.1, 0.15) is 30.9 Å². The van der Waals surface area contributed by atoms with Gasteiger partial charge < -0.3 is 5.32 Å². The Morgan fingerprint density at radius 2 is 2.13 bits per heavy atom. The molecule has 1 N–H and O–H groups in total. The molecule has 1 atom stereocenters. The zero-order valence-corrected chi connectivity index (χ0v) is 10.7. The number of halogens is 3. The minimum atomic E-state index is -0.104. The quantitative estimate of drug-likeness (QED) is 0.830. The third-order valence-electron chi connectivity index (χ3n) is 2.64. The van der Waals surface area contributed by atoms with Gasteiger partial charge in [0.05, 0.1) is 0 Å². The topological polar surface area (TPSA) is 12.0 Å². The fourth-order valence-electron chi connectivity index (χ4n) is 1.90. The minimum absolute atomic E-state index is 0. The number of piperidine rings is 1. The summed E-state index contributed by atoms with van der Waals surface area (Å²) < 4.78 is 14.4. The van der Waals surface area contributed by atoms with E-state index in [0.717, 1.165) is 23.0 Å². The number of hydrogen-bond donors (Lipinski definition) is 1. The molecule has 0 amide bonds. The van der Waals surface area contributed by atoms with Crippen molar-refractivity contribution in [3.63, 3.8) is 0 Å². The fourth-order valence-corrected chi connectivity index (χ4v) is 2.28. The third kappa shape index (κ3) is 3.16. The molecule has 1 nitrogen and oxygen atoms in total. The highest BCUT2D eigenvalue weighted by molar-refractivity contribution is 9.10. The molecule has 0 aliphatic carbocycles. The van der Waals surface area contributed by atoms with Gasteiger partial charge in [-0.1, -0.05) is 22.4 Å². The fraction of sp³-hybridized carbons (Fsp3) is 0.455. The van der Waals surface area contributed by atoms with Crippen LogP contribution in [0.15, 0.2) is 22.7 Å². The van der Waals surface area contributed by atoms with Crippen LogP contribution in [0, 0.1) is 5.82 Å². The molecule has 84 valence electrons. The second kappa shape index (κ2) is 5.83. The Hall–Kier alpha value is -0.120. The summed E-state index contributed by atoms with van der Waals surface area (Å²) in [6.07, 6.45) is 3.42. The molecule has 1 heterocycles. The average Bonchev–Trinajstić information content (AvgIpc) is 2.23. The second-order valence-electron chi connectivity index (χ2n) is 3.67. The molecule has 0 saturated carbocycles. The van der Waals surface area contributed by atoms with Gasteiger partial charge in [-0.2, -0.15) is 0 Å². The van der Waals surface area contributed by atoms with Crippen LogP contribution < -0.4 is 5.32 Å². The van der Waals surface area contributed by atoms with Gasteiger partial charge in [0.1, 0.15) is 5.82 Å². The maximum Gasteiger partial charge on any atom is 0.128 e. The van der Waals surface area contributed by atoms with Crippen molar-refractivity contribution in [1.29, 1.82) is 0 Å². The van der Waals surface area contributed by atoms with Gasteiger partial charge in [-0.15, -0.1) is 12.4 Å². The lowest BCUT2D eigenvalue weighted by atomic mass is 9.97. The average molecular weight is 295 g/mol. The van der Waals surface area contributed by atoms with E-state index in [4.69, 9.17) is 0 Å². The lowest BCUT2D eigenvalue weighted by molar-refractivity contribution is 0.400. The molecular weight excluding hydrogens is 280 g/mol. The molecule has 1 fully saturated rings. The number of rotatable bonds is 1. The highest BCUT2D eigenvalue weighted by Gasteiger charge is 2.17. The van der Waals surface area contributed by atoms with Crippen molar-refractivity contribution in [2.75, 3.05) is 6.54 Å². The first kappa shape index (κ1) is 12.9. The van der Waals surface area contributed by atoms with E-state index in [0.29, 0.717) is 0 Å². The predicted octanol–water partition coefficient (Wildman–Crippen LogP) is 3.82. The van der Waals surface area contributed by atoms with Crippen LogP contribution in [0.25, 0.3) is 0 Å². The standard InChI is InChI=1S/C11H13BrFN.ClH/c12-8-4-5-10(13)9(7-8)11-3-1-2-6-14-11;/h4-5,7,11,14H,1-3,6H2;1H/t11-;/m1./s1. The van der Waals surface area contributed by atoms with Gasteiger partial charge >= 0.3 is 0 Å². The molecule has 1 aromatic rings. The van der Waals surface area contributed by atoms with Crippen LogP contribution in [0.4, 0.5) is 4.39 Å². The summed E-state index contributed by atoms with van der Waals surface area (Å²) in [5.41, 5.74) is 0.791. The zero-order chi connectivity index (χ0) is 9.97. The maximum absolute atomic E-state index is 13.5. The van der Waals surface area contributed by atoms with Crippen LogP contribution in [-0.4, -0.2) is 6.54 Å². The largest absolute Gasteiger partial charge is 0.310 e. The van der Waals surface area contributed by atoms with E-state index in [2.05, 4.69) is 21.2 Å². The van der Waals surface area contributed by atoms with E-state index in [9.17, 15) is 4.39 Å². The van der Waals surface area contributed by atoms with Gasteiger partial charge in [0.25, 0.3) is 0 Å². The van der Waals surface area contributed by atoms with Gasteiger partial charge in [-0.3, -0.25) is 0 Å². The van der Waals surface area contributed by atoms with Crippen molar-refractivity contribution in [3.8, 4) is 0 Å². The molecule has 0 aromatic heterocycles. The summed E-state index contributed by atoms with van der Waals surface area (Å²) in [5, 5.41) is 3.34. The first-order chi connectivity index (χ1) is 6.77. The van der Waals surface area contributed by atoms with Crippen molar-refractivity contribution in [2.45, 2.75) is 25.3 Å². The van der Waals surface area contributed by atoms with Crippen LogP contribution in [0.3, 0.4) is 0 Å². The summed E-state index contributed by atoms with van der Waals surface area (Å²) in [6.45, 7) is 0.997. The maximum atomic E-state index is 13.5. The van der Waals surface area contributed by atoms with E-state index in [1.807, 2.05) is 6.07 Å². The summed E-state index contributed by atoms with van der Waals surface area (Å²) in [4.78, 5) is 0. The van der Waals surface area contributed by atoms with Crippen molar-refractivity contribution in [1.82, 2.24) is 5.32 Å². The van der Waals surface area contributed by atoms with Crippen LogP contribution in [0.2, 0.25) is 0 Å². The van der Waals surface area contributed by atoms with Crippen molar-refractivity contribution in [3.05, 3.63) is 34.1 Å². The Bertz CT molecular complexity index is 326. The molecule has 4 heteroatoms. The van der Waals surface area contributed by atoms with Gasteiger partial charge in [0.2, 0.25) is 0 Å². The van der Waals surface area contributed by atoms with Crippen molar-refractivity contribution >= 4 is 28.3 Å². The summed E-state index contributed by atoms with van der Waals surface area (Å²) in [5.74, 6) is -0.104. The minimum Gasteiger partial charge on any atom is -0.310 e. The molecule has 0 radical (unpaired) electrons. The van der Waals surface area contributed by atoms with E-state index in [1.165, 1.54) is 18.9 Å². The van der Waals surface area contributed by atoms with E-state index >= 15 is 0 Å². The Labute approximate surface area is 104 Å². The molecular formula is C11H14BrClFN. The number of hydrogen-bond acceptors (Lipinski definition) is 1. The Kier molecular flexibility index (Phi) is 5.03. The van der Waals surface area contributed by atoms with E-state index in [1.54, 1.807) is 6.07 Å². The molecule has 1 aliphatic rings. The Morgan fingerprint density at radius 3 is 2.80 bits per heavy atom. The number of nitrogens with one attached hydrogen (secondary N) is 1. The van der Waals surface area contributed by atoms with E-state index < -0.39 is 0 Å². The Balaban J connectivity index is 0.00000112. The lowest BCUT2D eigenvalue weighted by Crippen LogP contribution is -2.27. The number of benzene rings is 1. The molecule has 2 rings (SSSR count). The molecule has 0 spiro atoms. The van der Waals surface area contributed by atoms with E-state index in [-0.39, 0.29) is 24.3 Å². The predicted molar refractivity (Wildman–Crippen MR) is 65.9 cm³/mol. The smallest absolute Gasteiger partial charge is 0.128 e. The first-order valence-electron chi connectivity index (χ1n) is 4.96. The van der Waals surface area contributed by atoms with Crippen LogP contribution in [0.5, 0.6) is 0 Å². The zero-order valence-electron chi connectivity index (χ0n) is 8.30. The molecule has 0 unspecified atom stereocenters. The molecule has 15 heavy (non-hydrogen) atoms. The molecule has 0 bridgehead atoms. The van der Waals surface area contributed by atoms with Crippen molar-refractivity contribution < 1.29 is 4.39 Å². The Morgan fingerprint density at radius 1 is 1.33 bits per heavy atom. The van der Waals surface area contributed by atoms with Gasteiger partial charge in [0.15, 0.2) is 0 Å². The summed E-state index contributed by atoms with van der Waals surface area (Å²) in [6, 6.07) is 5.33. The van der Waals surface area contributed by atoms with Gasteiger partial charge in [-0.25, -0.2) is 4.39 Å². The van der Waals surface area contributed by atoms with Crippen LogP contribution >= 0.6 is 28.3 Å². The monoisotopic (exact) mass is 293 g/mol. The molecule has 1 aliphatic heterocycles. The molecule has 1 saturated heterocycles. The van der Waals surface area contributed by atoms with Gasteiger partial charge in [0, 0.05) is 16.1 Å². The van der Waals surface area contributed by atoms with Crippen molar-refractivity contribution in [2.24, 2.45) is 0 Å². The highest BCUT2D eigenvalue weighted by atomic mass is 79.9. The van der Waals surface area contributed by atoms with Gasteiger partial charge in [-0.05, 0) is 37.6 Å². The normalized spacial score (nSPS) is 20.8.